The molecule has 0 saturated carbocycles. The van der Waals surface area contributed by atoms with Gasteiger partial charge in [0, 0.05) is 24.8 Å². The van der Waals surface area contributed by atoms with E-state index < -0.39 is 200 Å². The molecule has 0 aromatic carbocycles. The van der Waals surface area contributed by atoms with Crippen LogP contribution in [-0.4, -0.2) is 232 Å². The third kappa shape index (κ3) is 20.7. The fraction of sp³-hybridized carbons (Fsp3) is 0.632. The standard InChI is InChI=1S/C15H21ClFN3O5S.3C14H19ClFN3O6S/c1-6(2)9(18)14(23)24-5-15(17)11(22)10(21)13(25-15)20-4-8(16)12(26)19-7(20)3;3*1-5(2)7(17)12(22)24-4-14(16)9(21)8(20)11(25-14)19-3-6(15)10(26)18-13(19)23/h4,6,9-11,13,21-22H,3,5,18H2,1-2H3,(H,19,26);3*3,5,7-9,11,20-21H,4,17H2,1-2H3,(H,18,23,26)/t9-,10+,11-,13+,15+;3*7-,8+,9-,11+,14+/m0000/s1/i5D2,13D;11D;4D2;. The largest absolute Gasteiger partial charge is 0.458 e. The Bertz CT molecular complexity index is 4380. The molecule has 0 bridgehead atoms. The summed E-state index contributed by atoms with van der Waals surface area (Å²) >= 11 is 42.5. The highest BCUT2D eigenvalue weighted by Crippen LogP contribution is 2.42. The molecule has 47 heteroatoms. The Morgan fingerprint density at radius 2 is 0.817 bits per heavy atom. The number of aliphatic hydroxyl groups excluding tert-OH is 8. The van der Waals surface area contributed by atoms with Gasteiger partial charge in [-0.15, -0.1) is 0 Å². The van der Waals surface area contributed by atoms with Gasteiger partial charge >= 0.3 is 40.9 Å². The van der Waals surface area contributed by atoms with E-state index >= 15 is 13.2 Å². The molecule has 5 aliphatic heterocycles. The van der Waals surface area contributed by atoms with Gasteiger partial charge in [0.25, 0.3) is 23.4 Å². The molecule has 5 aliphatic rings. The zero-order chi connectivity index (χ0) is 84.7. The molecule has 0 amide bonds. The van der Waals surface area contributed by atoms with Gasteiger partial charge in [0.1, 0.15) is 97.7 Å². The number of aliphatic hydroxyl groups is 8. The number of hydrogen-bond donors (Lipinski definition) is 16. The van der Waals surface area contributed by atoms with Crippen LogP contribution < -0.4 is 45.3 Å². The predicted octanol–water partition coefficient (Wildman–Crippen LogP) is 0.0474. The highest BCUT2D eigenvalue weighted by atomic mass is 35.5. The van der Waals surface area contributed by atoms with Crippen LogP contribution in [-0.2, 0) is 57.1 Å². The number of rotatable bonds is 20. The van der Waals surface area contributed by atoms with Gasteiger partial charge in [0.05, 0.1) is 28.3 Å². The molecule has 4 fully saturated rings. The van der Waals surface area contributed by atoms with Gasteiger partial charge in [0.2, 0.25) is 0 Å². The van der Waals surface area contributed by atoms with E-state index in [4.69, 9.17) is 155 Å². The van der Waals surface area contributed by atoms with E-state index in [1.807, 2.05) is 0 Å². The smallest absolute Gasteiger partial charge is 0.328 e. The number of esters is 4. The maximum absolute atomic E-state index is 15.5. The summed E-state index contributed by atoms with van der Waals surface area (Å²) < 4.78 is 148. The van der Waals surface area contributed by atoms with Crippen LogP contribution in [0.25, 0.3) is 0 Å². The summed E-state index contributed by atoms with van der Waals surface area (Å²) in [5.41, 5.74) is 19.5. The van der Waals surface area contributed by atoms with E-state index in [1.165, 1.54) is 0 Å². The van der Waals surface area contributed by atoms with E-state index in [0.717, 1.165) is 34.3 Å². The number of nitrogens with one attached hydrogen (secondary N) is 4. The molecular weight excluding hydrogens is 1570 g/mol. The second-order valence-corrected chi connectivity index (χ2v) is 27.7. The maximum atomic E-state index is 15.5. The number of alkyl halides is 4. The van der Waals surface area contributed by atoms with Crippen molar-refractivity contribution in [2.24, 2.45) is 46.6 Å². The lowest BCUT2D eigenvalue weighted by Gasteiger charge is -2.34. The quantitative estimate of drug-likeness (QED) is 0.0307. The van der Waals surface area contributed by atoms with Crippen LogP contribution >= 0.6 is 95.3 Å². The molecule has 8 rings (SSSR count). The number of nitrogens with two attached hydrogens (primary N) is 4. The highest BCUT2D eigenvalue weighted by molar-refractivity contribution is 7.81. The number of halogens is 8. The molecule has 35 nitrogen and oxygen atoms in total. The Labute approximate surface area is 635 Å². The summed E-state index contributed by atoms with van der Waals surface area (Å²) in [6.45, 7) is 7.06. The molecule has 8 heterocycles. The third-order valence-corrected chi connectivity index (χ3v) is 18.1. The van der Waals surface area contributed by atoms with Gasteiger partial charge < -0.3 is 112 Å². The zero-order valence-electron chi connectivity index (χ0n) is 61.3. The van der Waals surface area contributed by atoms with Crippen LogP contribution in [0.1, 0.15) is 82.3 Å². The number of carbonyl (C=O) groups excluding carboxylic acids is 4. The summed E-state index contributed by atoms with van der Waals surface area (Å²) in [4.78, 5) is 90.7. The Morgan fingerprint density at radius 3 is 1.20 bits per heavy atom. The summed E-state index contributed by atoms with van der Waals surface area (Å²) in [5, 5.41) is 82.9. The molecule has 4 saturated heterocycles. The van der Waals surface area contributed by atoms with Crippen LogP contribution in [0.15, 0.2) is 56.6 Å². The minimum Gasteiger partial charge on any atom is -0.458 e. The van der Waals surface area contributed by atoms with Gasteiger partial charge in [0.15, 0.2) is 51.2 Å². The lowest BCUT2D eigenvalue weighted by atomic mass is 10.1. The molecule has 20 atom stereocenters. The van der Waals surface area contributed by atoms with Crippen molar-refractivity contribution in [3.63, 3.8) is 0 Å². The molecule has 0 radical (unpaired) electrons. The summed E-state index contributed by atoms with van der Waals surface area (Å²) in [6, 6.07) is -4.60. The molecule has 3 aromatic heterocycles. The van der Waals surface area contributed by atoms with E-state index in [9.17, 15) is 78.8 Å². The predicted molar refractivity (Wildman–Crippen MR) is 367 cm³/mol. The number of carbonyl (C=O) groups is 4. The first-order valence-electron chi connectivity index (χ1n) is 33.1. The van der Waals surface area contributed by atoms with Crippen LogP contribution in [0, 0.1) is 37.6 Å². The molecule has 0 unspecified atom stereocenters. The normalized spacial score (nSPS) is 33.2. The molecular formula is C57H78Cl4F4N12O23S4. The van der Waals surface area contributed by atoms with Gasteiger partial charge in [-0.05, 0) is 23.7 Å². The monoisotopic (exact) mass is 1650 g/mol. The number of thiocarbonyl (C=S) groups is 1. The molecule has 0 spiro atoms. The van der Waals surface area contributed by atoms with Crippen LogP contribution in [0.4, 0.5) is 17.6 Å². The Kier molecular flexibility index (Phi) is 27.7. The van der Waals surface area contributed by atoms with Crippen LogP contribution in [0.5, 0.6) is 0 Å². The van der Waals surface area contributed by atoms with Crippen molar-refractivity contribution in [3.05, 3.63) is 103 Å². The second kappa shape index (κ2) is 36.2. The van der Waals surface area contributed by atoms with Crippen molar-refractivity contribution in [2.75, 3.05) is 26.3 Å². The van der Waals surface area contributed by atoms with Crippen molar-refractivity contribution >= 4 is 124 Å². The molecule has 3 aromatic rings. The first-order valence-corrected chi connectivity index (χ1v) is 33.2. The van der Waals surface area contributed by atoms with Crippen molar-refractivity contribution in [1.29, 1.82) is 0 Å². The second-order valence-electron chi connectivity index (χ2n) is 24.4. The fourth-order valence-corrected chi connectivity index (χ4v) is 9.73. The topological polar surface area (TPSA) is 537 Å². The first-order chi connectivity index (χ1) is 50.1. The van der Waals surface area contributed by atoms with Crippen molar-refractivity contribution in [1.82, 2.24) is 38.9 Å². The van der Waals surface area contributed by atoms with Crippen molar-refractivity contribution < 1.29 is 124 Å². The Balaban J connectivity index is 0.000000263. The average Bonchev–Trinajstić information content (AvgIpc) is 1.58. The minimum atomic E-state index is -3.83. The van der Waals surface area contributed by atoms with Gasteiger partial charge in [-0.2, -0.15) is 0 Å². The lowest BCUT2D eigenvalue weighted by molar-refractivity contribution is -0.219. The van der Waals surface area contributed by atoms with Gasteiger partial charge in [-0.1, -0.05) is 157 Å². The lowest BCUT2D eigenvalue weighted by Crippen LogP contribution is -2.47. The summed E-state index contributed by atoms with van der Waals surface area (Å²) in [6.07, 6.45) is -23.4. The van der Waals surface area contributed by atoms with Crippen LogP contribution in [0.2, 0.25) is 15.1 Å². The molecule has 20 N–H and O–H groups in total. The number of ether oxygens (including phenoxy) is 8. The number of aromatic nitrogens is 6. The van der Waals surface area contributed by atoms with E-state index in [1.54, 1.807) is 55.4 Å². The number of hydrogen-bond acceptors (Lipinski definition) is 32. The number of nitrogens with zero attached hydrogens (tertiary/aromatic N) is 4. The number of H-pyrrole nitrogens is 3. The van der Waals surface area contributed by atoms with Gasteiger partial charge in [-0.3, -0.25) is 47.8 Å². The Morgan fingerprint density at radius 1 is 0.529 bits per heavy atom. The SMILES string of the molecule is CC(C)[C@H](N)C(=O)OC[C@@]1(F)O[C@@H](n2cc(Cl)c(=S)[nH]c2=O)[C@H](O)[C@@H]1O.[2H]C([2H])(OC(=O)[C@@H](N)C(C)C)[C@@]1(F)O[C@@H](n2cc(Cl)c(=S)[nH]c2=O)[C@H](O)[C@@H]1O.[2H]C([2H])(OC(=O)[C@@H](N)C(C)C)[C@@]1(F)O[C@@]([2H])(N2C=C(Cl)C(=S)NC2=C)[C@H](O)[C@@H]1O.[2H][C@@]1(n2cc(Cl)c(=S)[nH]c2=O)O[C@](F)(COC(=O)[C@@H](N)C(C)C)[C@@H](O)[C@H]1O. The van der Waals surface area contributed by atoms with E-state index in [-0.39, 0.29) is 56.7 Å². The molecule has 584 valence electrons. The molecule has 0 aliphatic carbocycles. The van der Waals surface area contributed by atoms with Crippen molar-refractivity contribution in [2.45, 2.75) is 177 Å². The summed E-state index contributed by atoms with van der Waals surface area (Å²) in [5.74, 6) is -19.7. The van der Waals surface area contributed by atoms with Crippen LogP contribution in [0.3, 0.4) is 0 Å². The van der Waals surface area contributed by atoms with E-state index in [0.29, 0.717) is 9.13 Å². The first kappa shape index (κ1) is 79.6. The Hall–Kier alpha value is -5.41. The average molecular weight is 1650 g/mol. The summed E-state index contributed by atoms with van der Waals surface area (Å²) in [7, 11) is 0. The zero-order valence-corrected chi connectivity index (χ0v) is 61.6. The third-order valence-electron chi connectivity index (χ3n) is 15.3. The maximum Gasteiger partial charge on any atom is 0.328 e. The van der Waals surface area contributed by atoms with Gasteiger partial charge in [-0.25, -0.2) is 31.9 Å². The van der Waals surface area contributed by atoms with E-state index in [2.05, 4.69) is 36.3 Å². The number of aromatic amines is 3. The minimum absolute atomic E-state index is 0.0306. The highest BCUT2D eigenvalue weighted by Gasteiger charge is 2.61. The molecule has 104 heavy (non-hydrogen) atoms. The fourth-order valence-electron chi connectivity index (χ4n) is 8.55. The van der Waals surface area contributed by atoms with Crippen molar-refractivity contribution in [3.8, 4) is 0 Å².